The number of para-hydroxylation sites is 1. The van der Waals surface area contributed by atoms with E-state index in [1.807, 2.05) is 28.9 Å². The molecule has 2 aromatic carbocycles. The van der Waals surface area contributed by atoms with Gasteiger partial charge in [0.15, 0.2) is 5.82 Å². The molecule has 0 N–H and O–H groups in total. The molecule has 0 spiro atoms. The molecule has 7 nitrogen and oxygen atoms in total. The van der Waals surface area contributed by atoms with Crippen LogP contribution in [-0.2, 0) is 6.54 Å². The minimum Gasteiger partial charge on any atom is -0.467 e. The van der Waals surface area contributed by atoms with Crippen LogP contribution < -0.4 is 4.90 Å². The highest BCUT2D eigenvalue weighted by molar-refractivity contribution is 6.30. The number of hydrogen-bond donors (Lipinski definition) is 0. The number of anilines is 1. The normalized spacial score (nSPS) is 15.8. The third kappa shape index (κ3) is 4.33. The number of halogens is 1. The monoisotopic (exact) mass is 434 g/mol. The maximum atomic E-state index is 6.16. The van der Waals surface area contributed by atoms with Crippen LogP contribution >= 0.6 is 11.6 Å². The maximum absolute atomic E-state index is 6.16. The summed E-state index contributed by atoms with van der Waals surface area (Å²) in [7, 11) is 0. The zero-order chi connectivity index (χ0) is 21.0. The van der Waals surface area contributed by atoms with Crippen LogP contribution in [0, 0.1) is 0 Å². The van der Waals surface area contributed by atoms with Gasteiger partial charge in [0.25, 0.3) is 0 Å². The van der Waals surface area contributed by atoms with Crippen LogP contribution in [0.1, 0.15) is 23.2 Å². The Kier molecular flexibility index (Phi) is 5.69. The van der Waals surface area contributed by atoms with E-state index in [2.05, 4.69) is 67.8 Å². The molecule has 1 aliphatic rings. The highest BCUT2D eigenvalue weighted by Gasteiger charge is 2.31. The fourth-order valence-corrected chi connectivity index (χ4v) is 4.24. The minimum atomic E-state index is -0.0693. The summed E-state index contributed by atoms with van der Waals surface area (Å²) in [6, 6.07) is 22.2. The average Bonchev–Trinajstić information content (AvgIpc) is 3.49. The molecule has 8 heteroatoms. The number of benzene rings is 2. The van der Waals surface area contributed by atoms with Gasteiger partial charge in [0.1, 0.15) is 12.3 Å². The van der Waals surface area contributed by atoms with Crippen LogP contribution in [0.3, 0.4) is 0 Å². The molecule has 158 valence electrons. The van der Waals surface area contributed by atoms with Gasteiger partial charge in [-0.05, 0) is 52.4 Å². The average molecular weight is 435 g/mol. The SMILES string of the molecule is Clc1ccc(C(c2nnnn2Cc2ccco2)N2CCN(c3ccccc3)CC2)cc1. The van der Waals surface area contributed by atoms with E-state index in [0.717, 1.165) is 43.3 Å². The van der Waals surface area contributed by atoms with Crippen LogP contribution in [0.15, 0.2) is 77.4 Å². The van der Waals surface area contributed by atoms with Crippen LogP contribution in [-0.4, -0.2) is 51.3 Å². The lowest BCUT2D eigenvalue weighted by Crippen LogP contribution is -2.48. The Hall–Kier alpha value is -3.16. The third-order valence-corrected chi connectivity index (χ3v) is 5.93. The van der Waals surface area contributed by atoms with Crippen molar-refractivity contribution < 1.29 is 4.42 Å². The molecule has 0 radical (unpaired) electrons. The first-order valence-corrected chi connectivity index (χ1v) is 10.7. The second-order valence-electron chi connectivity index (χ2n) is 7.59. The van der Waals surface area contributed by atoms with Gasteiger partial charge in [0, 0.05) is 36.9 Å². The number of rotatable bonds is 6. The highest BCUT2D eigenvalue weighted by atomic mass is 35.5. The predicted octanol–water partition coefficient (Wildman–Crippen LogP) is 3.88. The standard InChI is InChI=1S/C23H23ClN6O/c24-19-10-8-18(9-11-19)22(23-25-26-27-30(23)17-21-7-4-16-31-21)29-14-12-28(13-15-29)20-5-2-1-3-6-20/h1-11,16,22H,12-15,17H2. The molecule has 5 rings (SSSR count). The molecule has 3 heterocycles. The predicted molar refractivity (Wildman–Crippen MR) is 119 cm³/mol. The Morgan fingerprint density at radius 1 is 0.903 bits per heavy atom. The summed E-state index contributed by atoms with van der Waals surface area (Å²) in [4.78, 5) is 4.86. The molecule has 0 bridgehead atoms. The number of furan rings is 1. The number of nitrogens with zero attached hydrogens (tertiary/aromatic N) is 6. The summed E-state index contributed by atoms with van der Waals surface area (Å²) >= 11 is 6.16. The molecule has 1 unspecified atom stereocenters. The van der Waals surface area contributed by atoms with Gasteiger partial charge in [-0.15, -0.1) is 5.10 Å². The van der Waals surface area contributed by atoms with Gasteiger partial charge < -0.3 is 9.32 Å². The Labute approximate surface area is 185 Å². The van der Waals surface area contributed by atoms with Crippen LogP contribution in [0.4, 0.5) is 5.69 Å². The summed E-state index contributed by atoms with van der Waals surface area (Å²) in [6.45, 7) is 4.16. The molecular weight excluding hydrogens is 412 g/mol. The summed E-state index contributed by atoms with van der Waals surface area (Å²) < 4.78 is 7.34. The van der Waals surface area contributed by atoms with Crippen LogP contribution in [0.5, 0.6) is 0 Å². The van der Waals surface area contributed by atoms with Crippen molar-refractivity contribution in [2.45, 2.75) is 12.6 Å². The lowest BCUT2D eigenvalue weighted by molar-refractivity contribution is 0.201. The van der Waals surface area contributed by atoms with E-state index in [1.165, 1.54) is 5.69 Å². The molecule has 1 aliphatic heterocycles. The first kappa shape index (κ1) is 19.8. The number of tetrazole rings is 1. The smallest absolute Gasteiger partial charge is 0.173 e. The fraction of sp³-hybridized carbons (Fsp3) is 0.261. The fourth-order valence-electron chi connectivity index (χ4n) is 4.12. The Morgan fingerprint density at radius 2 is 1.68 bits per heavy atom. The Bertz CT molecular complexity index is 1090. The summed E-state index contributed by atoms with van der Waals surface area (Å²) in [5, 5.41) is 13.4. The van der Waals surface area contributed by atoms with Gasteiger partial charge in [-0.25, -0.2) is 4.68 Å². The number of piperazine rings is 1. The van der Waals surface area contributed by atoms with Crippen molar-refractivity contribution in [1.29, 1.82) is 0 Å². The van der Waals surface area contributed by atoms with Gasteiger partial charge >= 0.3 is 0 Å². The minimum absolute atomic E-state index is 0.0693. The lowest BCUT2D eigenvalue weighted by atomic mass is 10.0. The van der Waals surface area contributed by atoms with E-state index in [4.69, 9.17) is 16.0 Å². The number of aromatic nitrogens is 4. The zero-order valence-electron chi connectivity index (χ0n) is 17.0. The summed E-state index contributed by atoms with van der Waals surface area (Å²) in [6.07, 6.45) is 1.67. The van der Waals surface area contributed by atoms with Crippen molar-refractivity contribution in [3.8, 4) is 0 Å². The molecule has 0 amide bonds. The molecule has 1 saturated heterocycles. The zero-order valence-corrected chi connectivity index (χ0v) is 17.8. The first-order chi connectivity index (χ1) is 15.3. The first-order valence-electron chi connectivity index (χ1n) is 10.4. The van der Waals surface area contributed by atoms with E-state index in [-0.39, 0.29) is 6.04 Å². The van der Waals surface area contributed by atoms with Gasteiger partial charge in [-0.1, -0.05) is 41.9 Å². The largest absolute Gasteiger partial charge is 0.467 e. The van der Waals surface area contributed by atoms with E-state index >= 15 is 0 Å². The van der Waals surface area contributed by atoms with Crippen molar-refractivity contribution in [2.75, 3.05) is 31.1 Å². The van der Waals surface area contributed by atoms with Crippen molar-refractivity contribution in [3.63, 3.8) is 0 Å². The molecule has 4 aromatic rings. The van der Waals surface area contributed by atoms with Gasteiger partial charge in [0.2, 0.25) is 0 Å². The second-order valence-corrected chi connectivity index (χ2v) is 8.02. The van der Waals surface area contributed by atoms with E-state index in [0.29, 0.717) is 11.6 Å². The molecule has 0 aliphatic carbocycles. The van der Waals surface area contributed by atoms with Crippen molar-refractivity contribution in [1.82, 2.24) is 25.1 Å². The maximum Gasteiger partial charge on any atom is 0.173 e. The molecule has 2 aromatic heterocycles. The summed E-state index contributed by atoms with van der Waals surface area (Å²) in [5.74, 6) is 1.61. The Morgan fingerprint density at radius 3 is 2.39 bits per heavy atom. The molecule has 31 heavy (non-hydrogen) atoms. The molecular formula is C23H23ClN6O. The van der Waals surface area contributed by atoms with Gasteiger partial charge in [-0.2, -0.15) is 0 Å². The van der Waals surface area contributed by atoms with Crippen molar-refractivity contribution in [2.24, 2.45) is 0 Å². The third-order valence-electron chi connectivity index (χ3n) is 5.68. The van der Waals surface area contributed by atoms with Crippen LogP contribution in [0.2, 0.25) is 5.02 Å². The summed E-state index contributed by atoms with van der Waals surface area (Å²) in [5.41, 5.74) is 2.38. The van der Waals surface area contributed by atoms with Gasteiger partial charge in [0.05, 0.1) is 12.3 Å². The topological polar surface area (TPSA) is 63.2 Å². The molecule has 0 saturated carbocycles. The van der Waals surface area contributed by atoms with Crippen LogP contribution in [0.25, 0.3) is 0 Å². The molecule has 1 fully saturated rings. The van der Waals surface area contributed by atoms with Crippen molar-refractivity contribution >= 4 is 17.3 Å². The number of hydrogen-bond acceptors (Lipinski definition) is 6. The van der Waals surface area contributed by atoms with E-state index in [1.54, 1.807) is 6.26 Å². The second kappa shape index (κ2) is 8.91. The van der Waals surface area contributed by atoms with E-state index < -0.39 is 0 Å². The molecule has 1 atom stereocenters. The lowest BCUT2D eigenvalue weighted by Gasteiger charge is -2.39. The van der Waals surface area contributed by atoms with Crippen molar-refractivity contribution in [3.05, 3.63) is 95.2 Å². The van der Waals surface area contributed by atoms with Gasteiger partial charge in [-0.3, -0.25) is 4.90 Å². The Balaban J connectivity index is 1.43. The highest BCUT2D eigenvalue weighted by Crippen LogP contribution is 2.30. The van der Waals surface area contributed by atoms with E-state index in [9.17, 15) is 0 Å². The quantitative estimate of drug-likeness (QED) is 0.459.